The van der Waals surface area contributed by atoms with Crippen molar-refractivity contribution in [3.63, 3.8) is 0 Å². The third-order valence-electron chi connectivity index (χ3n) is 5.88. The summed E-state index contributed by atoms with van der Waals surface area (Å²) >= 11 is 0. The van der Waals surface area contributed by atoms with Crippen LogP contribution in [0.2, 0.25) is 0 Å². The predicted octanol–water partition coefficient (Wildman–Crippen LogP) is 2.66. The Bertz CT molecular complexity index is 759. The Morgan fingerprint density at radius 1 is 0.931 bits per heavy atom. The molecule has 3 rings (SSSR count). The van der Waals surface area contributed by atoms with Gasteiger partial charge in [0, 0.05) is 39.0 Å². The maximum absolute atomic E-state index is 13.0. The third-order valence-corrected chi connectivity index (χ3v) is 5.88. The van der Waals surface area contributed by atoms with Gasteiger partial charge in [-0.25, -0.2) is 0 Å². The van der Waals surface area contributed by atoms with Crippen LogP contribution in [0, 0.1) is 11.8 Å². The zero-order chi connectivity index (χ0) is 20.8. The van der Waals surface area contributed by atoms with Crippen molar-refractivity contribution in [3.05, 3.63) is 41.6 Å². The van der Waals surface area contributed by atoms with Crippen molar-refractivity contribution in [2.75, 3.05) is 26.2 Å². The summed E-state index contributed by atoms with van der Waals surface area (Å²) in [4.78, 5) is 41.2. The number of nitrogens with one attached hydrogen (secondary N) is 1. The quantitative estimate of drug-likeness (QED) is 0.794. The number of carbonyl (C=O) groups is 3. The fraction of sp³-hybridized carbons (Fsp3) is 0.522. The number of piperidine rings is 2. The molecule has 0 atom stereocenters. The first-order valence-corrected chi connectivity index (χ1v) is 10.6. The summed E-state index contributed by atoms with van der Waals surface area (Å²) < 4.78 is 0. The predicted molar refractivity (Wildman–Crippen MR) is 113 cm³/mol. The van der Waals surface area contributed by atoms with Gasteiger partial charge in [0.15, 0.2) is 0 Å². The minimum atomic E-state index is -0.273. The van der Waals surface area contributed by atoms with Crippen LogP contribution in [-0.2, 0) is 14.4 Å². The third kappa shape index (κ3) is 5.68. The molecule has 0 spiro atoms. The number of carbonyl (C=O) groups excluding carboxylic acids is 3. The van der Waals surface area contributed by atoms with Gasteiger partial charge in [-0.15, -0.1) is 0 Å². The minimum Gasteiger partial charge on any atom is -0.342 e. The fourth-order valence-corrected chi connectivity index (χ4v) is 4.04. The monoisotopic (exact) mass is 397 g/mol. The molecule has 2 aliphatic heterocycles. The molecular formula is C23H31N3O3. The van der Waals surface area contributed by atoms with Crippen molar-refractivity contribution in [3.8, 4) is 0 Å². The topological polar surface area (TPSA) is 69.7 Å². The lowest BCUT2D eigenvalue weighted by Gasteiger charge is -2.37. The summed E-state index contributed by atoms with van der Waals surface area (Å²) in [6.07, 6.45) is 5.21. The van der Waals surface area contributed by atoms with Gasteiger partial charge < -0.3 is 15.1 Å². The first-order valence-electron chi connectivity index (χ1n) is 10.6. The lowest BCUT2D eigenvalue weighted by atomic mass is 9.92. The molecule has 0 saturated carbocycles. The molecule has 1 aromatic carbocycles. The fourth-order valence-electron chi connectivity index (χ4n) is 4.04. The largest absolute Gasteiger partial charge is 0.342 e. The summed E-state index contributed by atoms with van der Waals surface area (Å²) in [7, 11) is 0. The number of likely N-dealkylation sites (tertiary alicyclic amines) is 2. The number of amides is 3. The van der Waals surface area contributed by atoms with Crippen molar-refractivity contribution in [1.29, 1.82) is 0 Å². The maximum Gasteiger partial charge on any atom is 0.270 e. The van der Waals surface area contributed by atoms with Gasteiger partial charge >= 0.3 is 0 Å². The number of nitrogens with zero attached hydrogens (tertiary/aromatic N) is 2. The highest BCUT2D eigenvalue weighted by molar-refractivity contribution is 6.01. The number of rotatable bonds is 4. The highest BCUT2D eigenvalue weighted by atomic mass is 16.2. The first-order chi connectivity index (χ1) is 13.9. The summed E-state index contributed by atoms with van der Waals surface area (Å²) in [5, 5.41) is 2.67. The molecule has 2 aliphatic rings. The highest BCUT2D eigenvalue weighted by Crippen LogP contribution is 2.24. The Kier molecular flexibility index (Phi) is 7.07. The summed E-state index contributed by atoms with van der Waals surface area (Å²) in [5.74, 6) is 0.467. The molecule has 1 aromatic rings. The maximum atomic E-state index is 13.0. The number of hydrogen-bond acceptors (Lipinski definition) is 3. The van der Waals surface area contributed by atoms with Gasteiger partial charge in [0.05, 0.1) is 0 Å². The van der Waals surface area contributed by atoms with Crippen LogP contribution in [-0.4, -0.2) is 53.7 Å². The lowest BCUT2D eigenvalue weighted by Crippen LogP contribution is -2.47. The van der Waals surface area contributed by atoms with E-state index < -0.39 is 0 Å². The molecule has 0 aromatic heterocycles. The van der Waals surface area contributed by atoms with Crippen LogP contribution >= 0.6 is 0 Å². The van der Waals surface area contributed by atoms with Crippen LogP contribution in [0.25, 0.3) is 6.08 Å². The zero-order valence-corrected chi connectivity index (χ0v) is 17.4. The lowest BCUT2D eigenvalue weighted by molar-refractivity contribution is -0.140. The number of benzene rings is 1. The SMILES string of the molecule is CC(=O)N/C(=C/c1ccccc1)C(=O)N1CCC(C(=O)N2CCC(C)CC2)CC1. The first kappa shape index (κ1) is 21.1. The second-order valence-corrected chi connectivity index (χ2v) is 8.22. The Morgan fingerprint density at radius 3 is 2.10 bits per heavy atom. The van der Waals surface area contributed by atoms with E-state index in [-0.39, 0.29) is 29.3 Å². The Hall–Kier alpha value is -2.63. The summed E-state index contributed by atoms with van der Waals surface area (Å²) in [5.41, 5.74) is 1.13. The zero-order valence-electron chi connectivity index (χ0n) is 17.4. The van der Waals surface area contributed by atoms with Crippen molar-refractivity contribution >= 4 is 23.8 Å². The molecule has 2 saturated heterocycles. The molecule has 6 heteroatoms. The van der Waals surface area contributed by atoms with E-state index in [2.05, 4.69) is 12.2 Å². The molecule has 0 aliphatic carbocycles. The normalized spacial score (nSPS) is 19.2. The molecule has 0 bridgehead atoms. The van der Waals surface area contributed by atoms with E-state index in [0.29, 0.717) is 31.8 Å². The average Bonchev–Trinajstić information content (AvgIpc) is 2.73. The van der Waals surface area contributed by atoms with Crippen LogP contribution in [0.15, 0.2) is 36.0 Å². The number of hydrogen-bond donors (Lipinski definition) is 1. The molecule has 0 radical (unpaired) electrons. The Morgan fingerprint density at radius 2 is 1.52 bits per heavy atom. The Labute approximate surface area is 172 Å². The molecule has 2 fully saturated rings. The molecule has 29 heavy (non-hydrogen) atoms. The second-order valence-electron chi connectivity index (χ2n) is 8.22. The van der Waals surface area contributed by atoms with Crippen LogP contribution in [0.5, 0.6) is 0 Å². The van der Waals surface area contributed by atoms with Gasteiger partial charge in [-0.2, -0.15) is 0 Å². The molecule has 6 nitrogen and oxygen atoms in total. The molecule has 1 N–H and O–H groups in total. The Balaban J connectivity index is 1.61. The molecule has 0 unspecified atom stereocenters. The van der Waals surface area contributed by atoms with Gasteiger partial charge in [-0.1, -0.05) is 37.3 Å². The molecule has 3 amide bonds. The van der Waals surface area contributed by atoms with Gasteiger partial charge in [0.25, 0.3) is 5.91 Å². The van der Waals surface area contributed by atoms with Crippen molar-refractivity contribution in [1.82, 2.24) is 15.1 Å². The van der Waals surface area contributed by atoms with Crippen molar-refractivity contribution < 1.29 is 14.4 Å². The van der Waals surface area contributed by atoms with Gasteiger partial charge in [-0.05, 0) is 43.2 Å². The van der Waals surface area contributed by atoms with Crippen LogP contribution in [0.3, 0.4) is 0 Å². The van der Waals surface area contributed by atoms with E-state index in [9.17, 15) is 14.4 Å². The van der Waals surface area contributed by atoms with Gasteiger partial charge in [0.2, 0.25) is 11.8 Å². The molecular weight excluding hydrogens is 366 g/mol. The van der Waals surface area contributed by atoms with Gasteiger partial charge in [-0.3, -0.25) is 14.4 Å². The highest BCUT2D eigenvalue weighted by Gasteiger charge is 2.32. The van der Waals surface area contributed by atoms with Gasteiger partial charge in [0.1, 0.15) is 5.70 Å². The standard InChI is InChI=1S/C23H31N3O3/c1-17-8-12-25(13-9-17)22(28)20-10-14-26(15-11-20)23(29)21(24-18(2)27)16-19-6-4-3-5-7-19/h3-7,16-17,20H,8-15H2,1-2H3,(H,24,27)/b21-16+. The van der Waals surface area contributed by atoms with E-state index in [1.54, 1.807) is 11.0 Å². The van der Waals surface area contributed by atoms with Crippen molar-refractivity contribution in [2.45, 2.75) is 39.5 Å². The van der Waals surface area contributed by atoms with E-state index >= 15 is 0 Å². The van der Waals surface area contributed by atoms with Crippen LogP contribution in [0.1, 0.15) is 45.1 Å². The van der Waals surface area contributed by atoms with Crippen molar-refractivity contribution in [2.24, 2.45) is 11.8 Å². The molecule has 2 heterocycles. The van der Waals surface area contributed by atoms with E-state index in [1.807, 2.05) is 35.2 Å². The second kappa shape index (κ2) is 9.72. The summed E-state index contributed by atoms with van der Waals surface area (Å²) in [6, 6.07) is 9.46. The summed E-state index contributed by atoms with van der Waals surface area (Å²) in [6.45, 7) is 6.41. The smallest absolute Gasteiger partial charge is 0.270 e. The van der Waals surface area contributed by atoms with Crippen LogP contribution in [0.4, 0.5) is 0 Å². The van der Waals surface area contributed by atoms with E-state index in [1.165, 1.54) is 6.92 Å². The van der Waals surface area contributed by atoms with E-state index in [0.717, 1.165) is 31.5 Å². The van der Waals surface area contributed by atoms with E-state index in [4.69, 9.17) is 0 Å². The molecule has 156 valence electrons. The minimum absolute atomic E-state index is 0.00484. The average molecular weight is 398 g/mol. The van der Waals surface area contributed by atoms with Crippen LogP contribution < -0.4 is 5.32 Å².